The summed E-state index contributed by atoms with van der Waals surface area (Å²) in [7, 11) is -7.30. The number of carbonyl (C=O) groups is 1. The van der Waals surface area contributed by atoms with Gasteiger partial charge in [-0.05, 0) is 54.2 Å². The molecule has 0 unspecified atom stereocenters. The fraction of sp³-hybridized carbons (Fsp3) is 0.161. The van der Waals surface area contributed by atoms with E-state index in [1.807, 2.05) is 23.6 Å². The van der Waals surface area contributed by atoms with Crippen LogP contribution in [0.15, 0.2) is 87.7 Å². The van der Waals surface area contributed by atoms with Crippen LogP contribution < -0.4 is 15.5 Å². The van der Waals surface area contributed by atoms with E-state index in [1.165, 1.54) is 48.5 Å². The Bertz CT molecular complexity index is 2000. The number of nitrogens with zero attached hydrogens (tertiary/aromatic N) is 3. The first-order chi connectivity index (χ1) is 23.0. The van der Waals surface area contributed by atoms with Crippen molar-refractivity contribution in [3.05, 3.63) is 139 Å². The van der Waals surface area contributed by atoms with E-state index in [0.717, 1.165) is 17.3 Å². The number of alkyl halides is 1. The Morgan fingerprint density at radius 2 is 1.10 bits per heavy atom. The summed E-state index contributed by atoms with van der Waals surface area (Å²) in [4.78, 5) is 36.4. The first kappa shape index (κ1) is 50.7. The van der Waals surface area contributed by atoms with Crippen LogP contribution >= 0.6 is 22.6 Å². The minimum absolute atomic E-state index is 0. The van der Waals surface area contributed by atoms with E-state index in [1.54, 1.807) is 42.9 Å². The van der Waals surface area contributed by atoms with Gasteiger partial charge in [0, 0.05) is 81.5 Å². The molecular formula is C31H33IN6O9S2Y2-2. The molecule has 0 aliphatic rings. The zero-order valence-electron chi connectivity index (χ0n) is 28.0. The Balaban J connectivity index is 0. The summed E-state index contributed by atoms with van der Waals surface area (Å²) >= 11 is 2.15. The van der Waals surface area contributed by atoms with E-state index in [0.29, 0.717) is 17.4 Å². The molecule has 0 atom stereocenters. The number of benzene rings is 4. The van der Waals surface area contributed by atoms with Gasteiger partial charge < -0.3 is 0 Å². The van der Waals surface area contributed by atoms with Gasteiger partial charge in [-0.3, -0.25) is 30.9 Å². The molecule has 268 valence electrons. The van der Waals surface area contributed by atoms with E-state index in [9.17, 15) is 41.9 Å². The summed E-state index contributed by atoms with van der Waals surface area (Å²) in [6.07, 6.45) is 1.57. The number of hydrazine groups is 1. The fourth-order valence-corrected chi connectivity index (χ4v) is 4.89. The van der Waals surface area contributed by atoms with Gasteiger partial charge >= 0.3 is 0 Å². The number of hydrogen-bond acceptors (Lipinski definition) is 11. The molecule has 0 bridgehead atoms. The summed E-state index contributed by atoms with van der Waals surface area (Å²) in [6.45, 7) is 7.16. The van der Waals surface area contributed by atoms with Crippen molar-refractivity contribution in [3.63, 3.8) is 0 Å². The molecule has 4 N–H and O–H groups in total. The van der Waals surface area contributed by atoms with Crippen LogP contribution in [0, 0.1) is 60.1 Å². The number of rotatable bonds is 9. The van der Waals surface area contributed by atoms with E-state index >= 15 is 0 Å². The third-order valence-electron chi connectivity index (χ3n) is 5.92. The van der Waals surface area contributed by atoms with Gasteiger partial charge in [0.1, 0.15) is 6.29 Å². The van der Waals surface area contributed by atoms with Gasteiger partial charge in [-0.1, -0.05) is 84.0 Å². The molecule has 0 amide bonds. The SMILES string of the molecule is CI.Cc1[c-]cc([N+](=O)[O-])c(/C=N/NS(=O)(=O)c2ccc(C)cc2)c1.Cc1[c-]cc([N+](=O)[O-])c(C=O)c1.Cc1ccc(S(=O)(=O)NN)cc1.[Y].[Y]. The Morgan fingerprint density at radius 3 is 1.47 bits per heavy atom. The van der Waals surface area contributed by atoms with Crippen molar-refractivity contribution < 1.29 is 96.9 Å². The fourth-order valence-electron chi connectivity index (χ4n) is 3.46. The molecule has 0 aliphatic carbocycles. The quantitative estimate of drug-likeness (QED) is 0.0296. The second-order valence-electron chi connectivity index (χ2n) is 9.65. The van der Waals surface area contributed by atoms with Crippen molar-refractivity contribution in [1.29, 1.82) is 0 Å². The number of hydrogen-bond donors (Lipinski definition) is 3. The Morgan fingerprint density at radius 1 is 0.725 bits per heavy atom. The van der Waals surface area contributed by atoms with Crippen molar-refractivity contribution in [2.45, 2.75) is 37.5 Å². The van der Waals surface area contributed by atoms with Crippen LogP contribution in [0.5, 0.6) is 0 Å². The minimum Gasteiger partial charge on any atom is -0.300 e. The van der Waals surface area contributed by atoms with Crippen molar-refractivity contribution >= 4 is 66.5 Å². The summed E-state index contributed by atoms with van der Waals surface area (Å²) < 4.78 is 46.3. The van der Waals surface area contributed by atoms with Gasteiger partial charge in [-0.25, -0.2) is 13.2 Å². The second kappa shape index (κ2) is 24.8. The van der Waals surface area contributed by atoms with Gasteiger partial charge in [0.2, 0.25) is 0 Å². The van der Waals surface area contributed by atoms with Crippen LogP contribution in [0.1, 0.15) is 38.2 Å². The third kappa shape index (κ3) is 17.3. The van der Waals surface area contributed by atoms with Crippen molar-refractivity contribution in [2.75, 3.05) is 4.93 Å². The smallest absolute Gasteiger partial charge is 0.276 e. The van der Waals surface area contributed by atoms with E-state index in [2.05, 4.69) is 39.8 Å². The van der Waals surface area contributed by atoms with Crippen LogP contribution in [0.2, 0.25) is 0 Å². The number of sulfonamides is 2. The topological polar surface area (TPSA) is 234 Å². The maximum Gasteiger partial charge on any atom is 0.276 e. The molecule has 0 aliphatic heterocycles. The van der Waals surface area contributed by atoms with Crippen LogP contribution in [0.3, 0.4) is 0 Å². The molecule has 0 saturated carbocycles. The van der Waals surface area contributed by atoms with Gasteiger partial charge in [-0.2, -0.15) is 53.7 Å². The van der Waals surface area contributed by atoms with Gasteiger partial charge in [0.15, 0.2) is 11.4 Å². The maximum absolute atomic E-state index is 12.1. The number of nitro benzene ring substituents is 2. The van der Waals surface area contributed by atoms with E-state index < -0.39 is 29.9 Å². The van der Waals surface area contributed by atoms with Gasteiger partial charge in [0.25, 0.3) is 20.0 Å². The number of nitro groups is 2. The average Bonchev–Trinajstić information content (AvgIpc) is 3.06. The molecule has 4 aromatic rings. The monoisotopic (exact) mass is 1000 g/mol. The molecule has 20 heteroatoms. The van der Waals surface area contributed by atoms with Gasteiger partial charge in [0.05, 0.1) is 9.79 Å². The average molecular weight is 1000 g/mol. The predicted molar refractivity (Wildman–Crippen MR) is 193 cm³/mol. The normalized spacial score (nSPS) is 10.3. The van der Waals surface area contributed by atoms with Crippen LogP contribution in [0.4, 0.5) is 11.4 Å². The van der Waals surface area contributed by atoms with Crippen LogP contribution in [-0.4, -0.2) is 44.1 Å². The van der Waals surface area contributed by atoms with E-state index in [4.69, 9.17) is 5.84 Å². The van der Waals surface area contributed by atoms with Crippen molar-refractivity contribution in [3.8, 4) is 0 Å². The Hall–Kier alpha value is -2.42. The second-order valence-corrected chi connectivity index (χ2v) is 13.0. The molecule has 4 rings (SSSR count). The summed E-state index contributed by atoms with van der Waals surface area (Å²) in [5, 5.41) is 24.9. The van der Waals surface area contributed by atoms with Crippen LogP contribution in [-0.2, 0) is 85.5 Å². The van der Waals surface area contributed by atoms with Crippen LogP contribution in [0.25, 0.3) is 0 Å². The molecule has 0 heterocycles. The molecule has 0 saturated heterocycles. The molecule has 2 radical (unpaired) electrons. The molecular weight excluding hydrogens is 969 g/mol. The first-order valence-corrected chi connectivity index (χ1v) is 18.7. The maximum atomic E-state index is 12.1. The number of hydrazone groups is 1. The molecule has 4 aromatic carbocycles. The third-order valence-corrected chi connectivity index (χ3v) is 8.36. The number of aryl methyl sites for hydroxylation is 4. The molecule has 0 spiro atoms. The number of aldehydes is 1. The number of nitrogens with one attached hydrogen (secondary N) is 2. The summed E-state index contributed by atoms with van der Waals surface area (Å²) in [6, 6.07) is 23.4. The standard InChI is InChI=1S/C15H14N3O4S.C8H6NO3.C7H10N2O2S.CH3I.2Y/c1-11-3-6-14(7-4-11)23(21,22)17-16-10-13-9-12(2)5-8-15(13)18(19)20;1-6-2-3-8(9(11)12)7(4-6)5-10;1-6-2-4-7(5-3-6)12(10,11)9-8;1-2;;/h3-4,6-10,17H,1-2H3;3-5H,1H3;2-5,9H,8H2,1H3;1H3;;/q2*-1;;;;/b16-10+;;;;;. The first-order valence-electron chi connectivity index (χ1n) is 13.6. The molecule has 15 nitrogen and oxygen atoms in total. The predicted octanol–water partition coefficient (Wildman–Crippen LogP) is 5.03. The largest absolute Gasteiger partial charge is 0.300 e. The Kier molecular flexibility index (Phi) is 24.6. The number of carbonyl (C=O) groups excluding carboxylic acids is 1. The molecule has 0 fully saturated rings. The van der Waals surface area contributed by atoms with Crippen molar-refractivity contribution in [2.24, 2.45) is 10.9 Å². The van der Waals surface area contributed by atoms with Gasteiger partial charge in [-0.15, -0.1) is 0 Å². The minimum atomic E-state index is -3.82. The molecule has 0 aromatic heterocycles. The zero-order valence-corrected chi connectivity index (χ0v) is 37.5. The summed E-state index contributed by atoms with van der Waals surface area (Å²) in [5.41, 5.74) is 3.21. The van der Waals surface area contributed by atoms with Crippen molar-refractivity contribution in [1.82, 2.24) is 9.66 Å². The zero-order chi connectivity index (χ0) is 37.4. The molecule has 51 heavy (non-hydrogen) atoms. The van der Waals surface area contributed by atoms with E-state index in [-0.39, 0.29) is 97.7 Å². The number of halogens is 1. The Labute approximate surface area is 360 Å². The summed E-state index contributed by atoms with van der Waals surface area (Å²) in [5.74, 6) is 4.84. The number of nitrogens with two attached hydrogens (primary N) is 1.